The van der Waals surface area contributed by atoms with Crippen molar-refractivity contribution in [3.05, 3.63) is 205 Å². The minimum Gasteiger partial charge on any atom is -0.291 e. The fourth-order valence-electron chi connectivity index (χ4n) is 8.71. The highest BCUT2D eigenvalue weighted by molar-refractivity contribution is 5.91. The van der Waals surface area contributed by atoms with Crippen LogP contribution in [0.4, 0.5) is 0 Å². The molecule has 6 heteroatoms. The number of imidazole rings is 1. The van der Waals surface area contributed by atoms with E-state index in [4.69, 9.17) is 19.9 Å². The molecule has 11 rings (SSSR count). The lowest BCUT2D eigenvalue weighted by Gasteiger charge is -2.21. The number of fused-ring (bicyclic) bond motifs is 4. The number of hydrogen-bond donors (Lipinski definition) is 0. The number of hydrogen-bond acceptors (Lipinski definition) is 5. The topological polar surface area (TPSA) is 69.4 Å². The average molecular weight is 771 g/mol. The second kappa shape index (κ2) is 14.2. The van der Waals surface area contributed by atoms with E-state index in [1.807, 2.05) is 60.8 Å². The minimum atomic E-state index is -0.124. The van der Waals surface area contributed by atoms with Gasteiger partial charge in [0.15, 0.2) is 23.3 Å². The molecule has 0 fully saturated rings. The Morgan fingerprint density at radius 2 is 0.933 bits per heavy atom. The van der Waals surface area contributed by atoms with Gasteiger partial charge in [-0.05, 0) is 80.9 Å². The van der Waals surface area contributed by atoms with E-state index in [9.17, 15) is 0 Å². The maximum absolute atomic E-state index is 5.17. The van der Waals surface area contributed by atoms with E-state index in [-0.39, 0.29) is 5.41 Å². The molecule has 0 saturated heterocycles. The number of para-hydroxylation sites is 2. The van der Waals surface area contributed by atoms with Crippen LogP contribution in [0.5, 0.6) is 0 Å². The smallest absolute Gasteiger partial charge is 0.164 e. The van der Waals surface area contributed by atoms with Gasteiger partial charge in [-0.2, -0.15) is 0 Å². The van der Waals surface area contributed by atoms with E-state index in [1.165, 1.54) is 22.3 Å². The largest absolute Gasteiger partial charge is 0.291 e. The third kappa shape index (κ3) is 6.00. The fraction of sp³-hybridized carbons (Fsp3) is 0.0556. The maximum Gasteiger partial charge on any atom is 0.164 e. The summed E-state index contributed by atoms with van der Waals surface area (Å²) in [6, 6.07) is 65.5. The zero-order chi connectivity index (χ0) is 40.2. The van der Waals surface area contributed by atoms with Crippen LogP contribution in [-0.2, 0) is 5.41 Å². The highest BCUT2D eigenvalue weighted by Gasteiger charge is 2.37. The van der Waals surface area contributed by atoms with Crippen molar-refractivity contribution in [3.8, 4) is 84.7 Å². The van der Waals surface area contributed by atoms with E-state index in [2.05, 4.69) is 157 Å². The molecule has 0 bridgehead atoms. The Bertz CT molecular complexity index is 3190. The molecule has 0 atom stereocenters. The third-order valence-electron chi connectivity index (χ3n) is 11.8. The third-order valence-corrected chi connectivity index (χ3v) is 11.8. The molecule has 0 saturated carbocycles. The molecule has 3 aromatic heterocycles. The number of nitrogens with zero attached hydrogens (tertiary/aromatic N) is 6. The highest BCUT2D eigenvalue weighted by Crippen LogP contribution is 2.51. The molecular formula is C54H38N6. The number of benzene rings is 7. The quantitative estimate of drug-likeness (QED) is 0.161. The van der Waals surface area contributed by atoms with Crippen LogP contribution in [0.3, 0.4) is 0 Å². The predicted octanol–water partition coefficient (Wildman–Crippen LogP) is 12.9. The Balaban J connectivity index is 0.901. The summed E-state index contributed by atoms with van der Waals surface area (Å²) in [4.78, 5) is 24.9. The van der Waals surface area contributed by atoms with Crippen LogP contribution < -0.4 is 0 Å². The second-order valence-corrected chi connectivity index (χ2v) is 15.7. The van der Waals surface area contributed by atoms with Crippen LogP contribution in [0, 0.1) is 0 Å². The maximum atomic E-state index is 5.17. The van der Waals surface area contributed by atoms with Crippen molar-refractivity contribution in [2.45, 2.75) is 19.3 Å². The predicted molar refractivity (Wildman–Crippen MR) is 242 cm³/mol. The van der Waals surface area contributed by atoms with Crippen LogP contribution in [0.15, 0.2) is 194 Å². The van der Waals surface area contributed by atoms with Crippen LogP contribution >= 0.6 is 0 Å². The monoisotopic (exact) mass is 770 g/mol. The normalized spacial score (nSPS) is 12.6. The van der Waals surface area contributed by atoms with Gasteiger partial charge in [-0.1, -0.05) is 166 Å². The first-order valence-corrected chi connectivity index (χ1v) is 20.3. The van der Waals surface area contributed by atoms with Gasteiger partial charge in [-0.25, -0.2) is 19.9 Å². The molecule has 284 valence electrons. The van der Waals surface area contributed by atoms with Gasteiger partial charge in [0.05, 0.1) is 11.0 Å². The lowest BCUT2D eigenvalue weighted by atomic mass is 9.82. The van der Waals surface area contributed by atoms with Crippen molar-refractivity contribution in [3.63, 3.8) is 0 Å². The van der Waals surface area contributed by atoms with Gasteiger partial charge >= 0.3 is 0 Å². The van der Waals surface area contributed by atoms with E-state index in [0.717, 1.165) is 67.2 Å². The average Bonchev–Trinajstić information content (AvgIpc) is 3.82. The van der Waals surface area contributed by atoms with Gasteiger partial charge in [0.25, 0.3) is 0 Å². The summed E-state index contributed by atoms with van der Waals surface area (Å²) >= 11 is 0. The molecule has 0 amide bonds. The van der Waals surface area contributed by atoms with E-state index >= 15 is 0 Å². The molecule has 0 spiro atoms. The van der Waals surface area contributed by atoms with Crippen molar-refractivity contribution in [1.82, 2.24) is 29.5 Å². The summed E-state index contributed by atoms with van der Waals surface area (Å²) in [7, 11) is 0. The van der Waals surface area contributed by atoms with Crippen molar-refractivity contribution in [2.24, 2.45) is 0 Å². The summed E-state index contributed by atoms with van der Waals surface area (Å²) < 4.78 is 2.18. The summed E-state index contributed by atoms with van der Waals surface area (Å²) in [5.41, 5.74) is 16.2. The van der Waals surface area contributed by atoms with Crippen molar-refractivity contribution >= 4 is 11.0 Å². The van der Waals surface area contributed by atoms with Crippen molar-refractivity contribution in [2.75, 3.05) is 0 Å². The SMILES string of the molecule is CC1(C)c2ccccc2-c2c(-c3nc(-c4ccccc4)nc(-c4ccc(-c5ccc(-c6ccc(-n7c(-c8ccccn8)nc8ccccc87)cc6)cc5)cc4)n3)cccc21. The van der Waals surface area contributed by atoms with Crippen LogP contribution in [-0.4, -0.2) is 29.5 Å². The fourth-order valence-corrected chi connectivity index (χ4v) is 8.71. The van der Waals surface area contributed by atoms with Gasteiger partial charge in [0.2, 0.25) is 0 Å². The molecule has 0 N–H and O–H groups in total. The number of aromatic nitrogens is 6. The molecule has 3 heterocycles. The molecule has 1 aliphatic carbocycles. The lowest BCUT2D eigenvalue weighted by Crippen LogP contribution is -2.14. The van der Waals surface area contributed by atoms with Gasteiger partial charge in [-0.3, -0.25) is 9.55 Å². The Hall–Kier alpha value is -7.83. The van der Waals surface area contributed by atoms with Crippen molar-refractivity contribution in [1.29, 1.82) is 0 Å². The summed E-state index contributed by atoms with van der Waals surface area (Å²) in [6.45, 7) is 4.60. The van der Waals surface area contributed by atoms with Crippen LogP contribution in [0.1, 0.15) is 25.0 Å². The summed E-state index contributed by atoms with van der Waals surface area (Å²) in [6.07, 6.45) is 1.81. The first-order chi connectivity index (χ1) is 29.5. The van der Waals surface area contributed by atoms with E-state index in [0.29, 0.717) is 17.5 Å². The molecule has 1 aliphatic rings. The van der Waals surface area contributed by atoms with Crippen LogP contribution in [0.2, 0.25) is 0 Å². The first-order valence-electron chi connectivity index (χ1n) is 20.3. The Kier molecular flexibility index (Phi) is 8.38. The van der Waals surface area contributed by atoms with Crippen molar-refractivity contribution < 1.29 is 0 Å². The van der Waals surface area contributed by atoms with Crippen LogP contribution in [0.25, 0.3) is 95.8 Å². The lowest BCUT2D eigenvalue weighted by molar-refractivity contribution is 0.660. The molecule has 0 radical (unpaired) electrons. The summed E-state index contributed by atoms with van der Waals surface area (Å²) in [5, 5.41) is 0. The van der Waals surface area contributed by atoms with Gasteiger partial charge < -0.3 is 0 Å². The van der Waals surface area contributed by atoms with Gasteiger partial charge in [0.1, 0.15) is 5.69 Å². The molecular weight excluding hydrogens is 733 g/mol. The minimum absolute atomic E-state index is 0.124. The Morgan fingerprint density at radius 1 is 0.400 bits per heavy atom. The zero-order valence-electron chi connectivity index (χ0n) is 33.2. The second-order valence-electron chi connectivity index (χ2n) is 15.7. The van der Waals surface area contributed by atoms with E-state index < -0.39 is 0 Å². The molecule has 10 aromatic rings. The molecule has 0 unspecified atom stereocenters. The Labute approximate surface area is 348 Å². The Morgan fingerprint density at radius 3 is 1.62 bits per heavy atom. The van der Waals surface area contributed by atoms with E-state index in [1.54, 1.807) is 0 Å². The molecule has 60 heavy (non-hydrogen) atoms. The summed E-state index contributed by atoms with van der Waals surface area (Å²) in [5.74, 6) is 2.78. The van der Waals surface area contributed by atoms with Gasteiger partial charge in [0, 0.05) is 34.0 Å². The molecule has 7 aromatic carbocycles. The molecule has 6 nitrogen and oxygen atoms in total. The zero-order valence-corrected chi connectivity index (χ0v) is 33.2. The first kappa shape index (κ1) is 35.3. The number of rotatable bonds is 7. The van der Waals surface area contributed by atoms with Gasteiger partial charge in [-0.15, -0.1) is 0 Å². The number of pyridine rings is 1. The molecule has 0 aliphatic heterocycles. The highest BCUT2D eigenvalue weighted by atomic mass is 15.1. The standard InChI is InChI=1S/C54H38N6/c1-54(2)44-17-7-6-15-42(44)49-43(16-12-18-45(49)54)52-58-50(39-13-4-3-5-14-39)57-51(59-52)40-28-26-37(27-29-40)35-22-24-36(25-23-35)38-30-32-41(33-31-38)60-48-21-9-8-19-46(48)56-53(60)47-20-10-11-34-55-47/h3-34H,1-2H3.